The number of anilines is 1. The Morgan fingerprint density at radius 2 is 2.00 bits per heavy atom. The van der Waals surface area contributed by atoms with E-state index in [1.165, 1.54) is 28.8 Å². The summed E-state index contributed by atoms with van der Waals surface area (Å²) in [6.45, 7) is 1.26. The summed E-state index contributed by atoms with van der Waals surface area (Å²) in [6.07, 6.45) is 0. The van der Waals surface area contributed by atoms with Crippen LogP contribution in [0.25, 0.3) is 11.3 Å². The topological polar surface area (TPSA) is 59.8 Å². The minimum Gasteiger partial charge on any atom is -0.352 e. The molecule has 1 aliphatic heterocycles. The van der Waals surface area contributed by atoms with Crippen molar-refractivity contribution < 1.29 is 4.39 Å². The molecule has 0 spiro atoms. The Morgan fingerprint density at radius 1 is 1.24 bits per heavy atom. The predicted octanol–water partition coefficient (Wildman–Crippen LogP) is 0.870. The Hall–Kier alpha value is -2.24. The third-order valence-corrected chi connectivity index (χ3v) is 2.68. The fraction of sp³-hybridized carbons (Fsp3) is 0.182. The first-order chi connectivity index (χ1) is 8.25. The zero-order valence-corrected chi connectivity index (χ0v) is 8.85. The third kappa shape index (κ3) is 1.57. The van der Waals surface area contributed by atoms with Gasteiger partial charge in [-0.25, -0.2) is 4.39 Å². The molecule has 0 unspecified atom stereocenters. The van der Waals surface area contributed by atoms with E-state index in [1.807, 2.05) is 0 Å². The fourth-order valence-corrected chi connectivity index (χ4v) is 1.82. The molecule has 0 saturated carbocycles. The van der Waals surface area contributed by atoms with Crippen LogP contribution in [0.5, 0.6) is 0 Å². The van der Waals surface area contributed by atoms with Crippen molar-refractivity contribution in [1.29, 1.82) is 0 Å². The average Bonchev–Trinajstić information content (AvgIpc) is 2.80. The number of fused-ring (bicyclic) bond motifs is 1. The molecule has 1 aliphatic rings. The minimum absolute atomic E-state index is 0.202. The second kappa shape index (κ2) is 3.65. The summed E-state index contributed by atoms with van der Waals surface area (Å²) in [7, 11) is 0. The van der Waals surface area contributed by atoms with Crippen molar-refractivity contribution >= 4 is 5.95 Å². The van der Waals surface area contributed by atoms with Crippen molar-refractivity contribution in [3.8, 4) is 11.3 Å². The molecule has 1 aromatic heterocycles. The van der Waals surface area contributed by atoms with Gasteiger partial charge in [0.15, 0.2) is 5.69 Å². The Kier molecular flexibility index (Phi) is 2.14. The smallest absolute Gasteiger partial charge is 0.281 e. The van der Waals surface area contributed by atoms with Gasteiger partial charge in [-0.3, -0.25) is 9.36 Å². The molecule has 17 heavy (non-hydrogen) atoms. The SMILES string of the molecule is O=c1c(-c2ccc(F)cc2)nnc2n1CCN2. The first-order valence-electron chi connectivity index (χ1n) is 5.23. The van der Waals surface area contributed by atoms with Crippen molar-refractivity contribution in [2.75, 3.05) is 11.9 Å². The molecule has 0 fully saturated rings. The molecular weight excluding hydrogens is 223 g/mol. The zero-order chi connectivity index (χ0) is 11.8. The highest BCUT2D eigenvalue weighted by Crippen LogP contribution is 2.15. The summed E-state index contributed by atoms with van der Waals surface area (Å²) in [6, 6.07) is 5.64. The van der Waals surface area contributed by atoms with Crippen LogP contribution in [0.2, 0.25) is 0 Å². The third-order valence-electron chi connectivity index (χ3n) is 2.68. The van der Waals surface area contributed by atoms with Crippen molar-refractivity contribution in [3.05, 3.63) is 40.4 Å². The van der Waals surface area contributed by atoms with Crippen molar-refractivity contribution in [3.63, 3.8) is 0 Å². The van der Waals surface area contributed by atoms with Crippen LogP contribution >= 0.6 is 0 Å². The summed E-state index contributed by atoms with van der Waals surface area (Å²) in [4.78, 5) is 12.1. The number of hydrogen-bond acceptors (Lipinski definition) is 4. The van der Waals surface area contributed by atoms with Crippen LogP contribution in [0.3, 0.4) is 0 Å². The van der Waals surface area contributed by atoms with Gasteiger partial charge >= 0.3 is 0 Å². The molecule has 5 nitrogen and oxygen atoms in total. The first kappa shape index (κ1) is 9.95. The average molecular weight is 232 g/mol. The van der Waals surface area contributed by atoms with Gasteiger partial charge in [0.05, 0.1) is 0 Å². The van der Waals surface area contributed by atoms with E-state index in [0.29, 0.717) is 24.6 Å². The Labute approximate surface area is 95.9 Å². The highest BCUT2D eigenvalue weighted by molar-refractivity contribution is 5.58. The Balaban J connectivity index is 2.16. The maximum absolute atomic E-state index is 12.8. The standard InChI is InChI=1S/C11H9FN4O/c12-8-3-1-7(2-4-8)9-10(17)16-6-5-13-11(16)15-14-9/h1-4H,5-6H2,(H,13,15). The number of nitrogens with zero attached hydrogens (tertiary/aromatic N) is 3. The monoisotopic (exact) mass is 232 g/mol. The molecule has 1 aromatic carbocycles. The summed E-state index contributed by atoms with van der Waals surface area (Å²) in [5.74, 6) is 0.144. The van der Waals surface area contributed by atoms with Crippen LogP contribution in [-0.4, -0.2) is 21.3 Å². The molecule has 0 amide bonds. The summed E-state index contributed by atoms with van der Waals surface area (Å²) < 4.78 is 14.3. The largest absolute Gasteiger partial charge is 0.352 e. The van der Waals surface area contributed by atoms with Crippen LogP contribution in [-0.2, 0) is 6.54 Å². The lowest BCUT2D eigenvalue weighted by molar-refractivity contribution is 0.628. The highest BCUT2D eigenvalue weighted by atomic mass is 19.1. The second-order valence-electron chi connectivity index (χ2n) is 3.76. The lowest BCUT2D eigenvalue weighted by Gasteiger charge is -2.03. The number of halogens is 1. The van der Waals surface area contributed by atoms with Gasteiger partial charge in [0.1, 0.15) is 5.82 Å². The lowest BCUT2D eigenvalue weighted by atomic mass is 10.1. The van der Waals surface area contributed by atoms with Crippen molar-refractivity contribution in [2.24, 2.45) is 0 Å². The molecule has 0 bridgehead atoms. The molecule has 2 heterocycles. The van der Waals surface area contributed by atoms with E-state index in [2.05, 4.69) is 15.5 Å². The molecule has 0 saturated heterocycles. The number of nitrogens with one attached hydrogen (secondary N) is 1. The van der Waals surface area contributed by atoms with Crippen LogP contribution in [0.15, 0.2) is 29.1 Å². The summed E-state index contributed by atoms with van der Waals surface area (Å²) in [5.41, 5.74) is 0.621. The molecule has 3 rings (SSSR count). The van der Waals surface area contributed by atoms with Crippen molar-refractivity contribution in [2.45, 2.75) is 6.54 Å². The maximum Gasteiger partial charge on any atom is 0.281 e. The molecule has 0 aliphatic carbocycles. The van der Waals surface area contributed by atoms with Crippen LogP contribution < -0.4 is 10.9 Å². The molecule has 1 N–H and O–H groups in total. The predicted molar refractivity (Wildman–Crippen MR) is 60.2 cm³/mol. The van der Waals surface area contributed by atoms with Gasteiger partial charge < -0.3 is 5.32 Å². The first-order valence-corrected chi connectivity index (χ1v) is 5.23. The summed E-state index contributed by atoms with van der Waals surface area (Å²) >= 11 is 0. The fourth-order valence-electron chi connectivity index (χ4n) is 1.82. The Morgan fingerprint density at radius 3 is 2.76 bits per heavy atom. The molecule has 0 atom stereocenters. The van der Waals surface area contributed by atoms with E-state index in [0.717, 1.165) is 0 Å². The molecule has 6 heteroatoms. The van der Waals surface area contributed by atoms with Crippen LogP contribution in [0, 0.1) is 5.82 Å². The van der Waals surface area contributed by atoms with E-state index in [4.69, 9.17) is 0 Å². The highest BCUT2D eigenvalue weighted by Gasteiger charge is 2.17. The molecule has 0 radical (unpaired) electrons. The molecular formula is C11H9FN4O. The number of aromatic nitrogens is 3. The normalized spacial score (nSPS) is 13.2. The van der Waals surface area contributed by atoms with Gasteiger partial charge in [-0.15, -0.1) is 10.2 Å². The van der Waals surface area contributed by atoms with Gasteiger partial charge in [-0.05, 0) is 24.3 Å². The second-order valence-corrected chi connectivity index (χ2v) is 3.76. The number of rotatable bonds is 1. The quantitative estimate of drug-likeness (QED) is 0.792. The van der Waals surface area contributed by atoms with Gasteiger partial charge in [-0.2, -0.15) is 0 Å². The summed E-state index contributed by atoms with van der Waals surface area (Å²) in [5, 5.41) is 10.8. The lowest BCUT2D eigenvalue weighted by Crippen LogP contribution is -2.22. The number of hydrogen-bond donors (Lipinski definition) is 1. The van der Waals surface area contributed by atoms with E-state index in [1.54, 1.807) is 0 Å². The van der Waals surface area contributed by atoms with E-state index in [9.17, 15) is 9.18 Å². The minimum atomic E-state index is -0.343. The Bertz CT molecular complexity index is 620. The van der Waals surface area contributed by atoms with E-state index in [-0.39, 0.29) is 17.1 Å². The zero-order valence-electron chi connectivity index (χ0n) is 8.85. The van der Waals surface area contributed by atoms with Gasteiger partial charge in [0.25, 0.3) is 5.56 Å². The van der Waals surface area contributed by atoms with Crippen molar-refractivity contribution in [1.82, 2.24) is 14.8 Å². The van der Waals surface area contributed by atoms with Gasteiger partial charge in [0.2, 0.25) is 5.95 Å². The van der Waals surface area contributed by atoms with E-state index < -0.39 is 0 Å². The van der Waals surface area contributed by atoms with E-state index >= 15 is 0 Å². The molecule has 2 aromatic rings. The van der Waals surface area contributed by atoms with Gasteiger partial charge in [-0.1, -0.05) is 0 Å². The van der Waals surface area contributed by atoms with Crippen LogP contribution in [0.4, 0.5) is 10.3 Å². The molecule has 86 valence electrons. The van der Waals surface area contributed by atoms with Gasteiger partial charge in [0, 0.05) is 18.7 Å². The maximum atomic E-state index is 12.8. The van der Waals surface area contributed by atoms with Crippen LogP contribution in [0.1, 0.15) is 0 Å². The number of benzene rings is 1.